The van der Waals surface area contributed by atoms with Crippen LogP contribution in [0.3, 0.4) is 0 Å². The minimum absolute atomic E-state index is 0.103. The quantitative estimate of drug-likeness (QED) is 0.545. The average molecular weight is 315 g/mol. The van der Waals surface area contributed by atoms with Gasteiger partial charge >= 0.3 is 0 Å². The fraction of sp³-hybridized carbons (Fsp3) is 0.0667. The van der Waals surface area contributed by atoms with Crippen LogP contribution in [-0.2, 0) is 6.54 Å². The molecule has 0 fully saturated rings. The van der Waals surface area contributed by atoms with Crippen molar-refractivity contribution in [2.75, 3.05) is 0 Å². The van der Waals surface area contributed by atoms with Gasteiger partial charge in [-0.2, -0.15) is 0 Å². The Kier molecular flexibility index (Phi) is 3.84. The lowest BCUT2D eigenvalue weighted by Gasteiger charge is -2.02. The van der Waals surface area contributed by atoms with Gasteiger partial charge in [0.2, 0.25) is 0 Å². The van der Waals surface area contributed by atoms with Gasteiger partial charge in [-0.1, -0.05) is 53.2 Å². The van der Waals surface area contributed by atoms with Crippen LogP contribution in [-0.4, -0.2) is 19.9 Å². The molecule has 110 valence electrons. The highest BCUT2D eigenvalue weighted by Crippen LogP contribution is 2.25. The summed E-state index contributed by atoms with van der Waals surface area (Å²) in [5.74, 6) is 0. The van der Waals surface area contributed by atoms with Crippen molar-refractivity contribution >= 4 is 17.3 Å². The van der Waals surface area contributed by atoms with E-state index in [-0.39, 0.29) is 10.7 Å². The fourth-order valence-electron chi connectivity index (χ4n) is 2.10. The van der Waals surface area contributed by atoms with Crippen LogP contribution in [0.1, 0.15) is 5.56 Å². The predicted octanol–water partition coefficient (Wildman–Crippen LogP) is 3.56. The second kappa shape index (κ2) is 5.95. The molecule has 3 aromatic rings. The Morgan fingerprint density at radius 1 is 1.18 bits per heavy atom. The van der Waals surface area contributed by atoms with Crippen LogP contribution in [0.5, 0.6) is 0 Å². The van der Waals surface area contributed by atoms with Crippen molar-refractivity contribution < 1.29 is 4.92 Å². The van der Waals surface area contributed by atoms with Crippen LogP contribution >= 0.6 is 11.6 Å². The van der Waals surface area contributed by atoms with E-state index in [1.54, 1.807) is 16.8 Å². The zero-order chi connectivity index (χ0) is 15.5. The lowest BCUT2D eigenvalue weighted by Crippen LogP contribution is -2.01. The molecule has 0 atom stereocenters. The summed E-state index contributed by atoms with van der Waals surface area (Å²) < 4.78 is 1.67. The molecule has 7 heteroatoms. The maximum Gasteiger partial charge on any atom is 0.287 e. The third-order valence-electron chi connectivity index (χ3n) is 3.16. The number of halogens is 1. The number of hydrogen-bond acceptors (Lipinski definition) is 4. The molecule has 1 heterocycles. The topological polar surface area (TPSA) is 73.8 Å². The zero-order valence-electron chi connectivity index (χ0n) is 11.4. The summed E-state index contributed by atoms with van der Waals surface area (Å²) in [6, 6.07) is 14.3. The van der Waals surface area contributed by atoms with E-state index in [2.05, 4.69) is 10.3 Å². The smallest absolute Gasteiger partial charge is 0.258 e. The van der Waals surface area contributed by atoms with Gasteiger partial charge in [0.05, 0.1) is 17.7 Å². The van der Waals surface area contributed by atoms with E-state index in [1.807, 2.05) is 36.5 Å². The molecule has 6 nitrogen and oxygen atoms in total. The van der Waals surface area contributed by atoms with E-state index < -0.39 is 4.92 Å². The Balaban J connectivity index is 1.81. The van der Waals surface area contributed by atoms with Crippen molar-refractivity contribution in [3.63, 3.8) is 0 Å². The van der Waals surface area contributed by atoms with Gasteiger partial charge in [0.25, 0.3) is 5.69 Å². The highest BCUT2D eigenvalue weighted by atomic mass is 35.5. The molecule has 0 saturated carbocycles. The highest BCUT2D eigenvalue weighted by Gasteiger charge is 2.12. The molecular weight excluding hydrogens is 304 g/mol. The maximum atomic E-state index is 10.7. The number of nitro benzene ring substituents is 1. The maximum absolute atomic E-state index is 10.7. The summed E-state index contributed by atoms with van der Waals surface area (Å²) in [6.07, 6.45) is 1.82. The van der Waals surface area contributed by atoms with Crippen LogP contribution < -0.4 is 0 Å². The summed E-state index contributed by atoms with van der Waals surface area (Å²) in [5, 5.41) is 19.0. The summed E-state index contributed by atoms with van der Waals surface area (Å²) in [7, 11) is 0. The molecule has 0 spiro atoms. The van der Waals surface area contributed by atoms with E-state index >= 15 is 0 Å². The van der Waals surface area contributed by atoms with Crippen molar-refractivity contribution in [1.82, 2.24) is 15.0 Å². The Labute approximate surface area is 131 Å². The zero-order valence-corrected chi connectivity index (χ0v) is 12.1. The molecular formula is C15H11ClN4O2. The summed E-state index contributed by atoms with van der Waals surface area (Å²) in [6.45, 7) is 0.442. The Bertz CT molecular complexity index is 817. The SMILES string of the molecule is O=[N+]([O-])c1ccc(Cn2cc(-c3ccccc3)nn2)cc1Cl. The molecule has 0 amide bonds. The standard InChI is InChI=1S/C15H11ClN4O2/c16-13-8-11(6-7-15(13)20(21)22)9-19-10-14(17-18-19)12-4-2-1-3-5-12/h1-8,10H,9H2. The minimum Gasteiger partial charge on any atom is -0.258 e. The molecule has 0 aliphatic heterocycles. The van der Waals surface area contributed by atoms with Gasteiger partial charge in [-0.15, -0.1) is 5.10 Å². The Hall–Kier alpha value is -2.73. The number of hydrogen-bond donors (Lipinski definition) is 0. The van der Waals surface area contributed by atoms with E-state index in [4.69, 9.17) is 11.6 Å². The molecule has 0 radical (unpaired) electrons. The lowest BCUT2D eigenvalue weighted by atomic mass is 10.2. The van der Waals surface area contributed by atoms with Crippen molar-refractivity contribution in [3.8, 4) is 11.3 Å². The van der Waals surface area contributed by atoms with Crippen molar-refractivity contribution in [2.24, 2.45) is 0 Å². The van der Waals surface area contributed by atoms with Crippen LogP contribution in [0, 0.1) is 10.1 Å². The Morgan fingerprint density at radius 3 is 2.64 bits per heavy atom. The molecule has 22 heavy (non-hydrogen) atoms. The van der Waals surface area contributed by atoms with Crippen molar-refractivity contribution in [1.29, 1.82) is 0 Å². The molecule has 0 N–H and O–H groups in total. The fourth-order valence-corrected chi connectivity index (χ4v) is 2.37. The monoisotopic (exact) mass is 314 g/mol. The van der Waals surface area contributed by atoms with Gasteiger partial charge in [0.1, 0.15) is 10.7 Å². The van der Waals surface area contributed by atoms with Gasteiger partial charge in [-0.3, -0.25) is 10.1 Å². The van der Waals surface area contributed by atoms with Gasteiger partial charge in [0, 0.05) is 11.6 Å². The molecule has 0 bridgehead atoms. The third kappa shape index (κ3) is 2.96. The first-order chi connectivity index (χ1) is 10.6. The van der Waals surface area contributed by atoms with Crippen molar-refractivity contribution in [2.45, 2.75) is 6.54 Å². The second-order valence-corrected chi connectivity index (χ2v) is 5.12. The molecule has 0 unspecified atom stereocenters. The predicted molar refractivity (Wildman–Crippen MR) is 82.7 cm³/mol. The molecule has 0 aliphatic rings. The summed E-state index contributed by atoms with van der Waals surface area (Å²) in [4.78, 5) is 10.2. The molecule has 1 aromatic heterocycles. The van der Waals surface area contributed by atoms with E-state index in [9.17, 15) is 10.1 Å². The van der Waals surface area contributed by atoms with Crippen molar-refractivity contribution in [3.05, 3.63) is 75.4 Å². The lowest BCUT2D eigenvalue weighted by molar-refractivity contribution is -0.384. The van der Waals surface area contributed by atoms with Gasteiger partial charge in [0.15, 0.2) is 0 Å². The first-order valence-electron chi connectivity index (χ1n) is 6.52. The number of nitro groups is 1. The second-order valence-electron chi connectivity index (χ2n) is 4.71. The number of nitrogens with zero attached hydrogens (tertiary/aromatic N) is 4. The Morgan fingerprint density at radius 2 is 1.95 bits per heavy atom. The van der Waals surface area contributed by atoms with Gasteiger partial charge in [-0.05, 0) is 11.6 Å². The number of aromatic nitrogens is 3. The first-order valence-corrected chi connectivity index (χ1v) is 6.89. The van der Waals surface area contributed by atoms with Gasteiger partial charge < -0.3 is 0 Å². The third-order valence-corrected chi connectivity index (χ3v) is 3.46. The van der Waals surface area contributed by atoms with Gasteiger partial charge in [-0.25, -0.2) is 4.68 Å². The molecule has 2 aromatic carbocycles. The summed E-state index contributed by atoms with van der Waals surface area (Å²) >= 11 is 5.90. The number of rotatable bonds is 4. The van der Waals surface area contributed by atoms with Crippen LogP contribution in [0.15, 0.2) is 54.7 Å². The van der Waals surface area contributed by atoms with Crippen LogP contribution in [0.2, 0.25) is 5.02 Å². The molecule has 3 rings (SSSR count). The van der Waals surface area contributed by atoms with E-state index in [0.717, 1.165) is 16.8 Å². The normalized spacial score (nSPS) is 10.6. The first kappa shape index (κ1) is 14.2. The molecule has 0 aliphatic carbocycles. The van der Waals surface area contributed by atoms with Crippen LogP contribution in [0.25, 0.3) is 11.3 Å². The number of benzene rings is 2. The average Bonchev–Trinajstić information content (AvgIpc) is 2.96. The minimum atomic E-state index is -0.505. The van der Waals surface area contributed by atoms with E-state index in [0.29, 0.717) is 6.54 Å². The largest absolute Gasteiger partial charge is 0.287 e. The van der Waals surface area contributed by atoms with Crippen LogP contribution in [0.4, 0.5) is 5.69 Å². The van der Waals surface area contributed by atoms with E-state index in [1.165, 1.54) is 6.07 Å². The molecule has 0 saturated heterocycles. The highest BCUT2D eigenvalue weighted by molar-refractivity contribution is 6.32. The summed E-state index contributed by atoms with van der Waals surface area (Å²) in [5.41, 5.74) is 2.47.